The molecule has 0 aromatic carbocycles. The molecule has 3 N–H and O–H groups in total. The lowest BCUT2D eigenvalue weighted by atomic mass is 10.1. The highest BCUT2D eigenvalue weighted by Crippen LogP contribution is 2.34. The Morgan fingerprint density at radius 3 is 3.00 bits per heavy atom. The first-order valence-corrected chi connectivity index (χ1v) is 6.28. The highest BCUT2D eigenvalue weighted by molar-refractivity contribution is 5.82. The third kappa shape index (κ3) is 1.56. The van der Waals surface area contributed by atoms with E-state index in [9.17, 15) is 15.0 Å². The van der Waals surface area contributed by atoms with Crippen LogP contribution in [0.25, 0.3) is 11.2 Å². The summed E-state index contributed by atoms with van der Waals surface area (Å²) in [5.41, 5.74) is 2.48. The maximum atomic E-state index is 12.3. The Kier molecular flexibility index (Phi) is 2.53. The summed E-state index contributed by atoms with van der Waals surface area (Å²) in [7, 11) is 1.38. The first-order valence-electron chi connectivity index (χ1n) is 6.28. The maximum Gasteiger partial charge on any atom is 0.353 e. The number of ether oxygens (including phenoxy) is 1. The lowest BCUT2D eigenvalue weighted by Crippen LogP contribution is -2.39. The minimum absolute atomic E-state index is 0.132. The van der Waals surface area contributed by atoms with Crippen LogP contribution in [-0.2, 0) is 16.1 Å². The van der Waals surface area contributed by atoms with Crippen molar-refractivity contribution in [2.24, 2.45) is 0 Å². The molecule has 4 heterocycles. The van der Waals surface area contributed by atoms with Gasteiger partial charge >= 0.3 is 5.69 Å². The molecule has 0 aliphatic carbocycles. The van der Waals surface area contributed by atoms with E-state index in [2.05, 4.69) is 20.8 Å². The highest BCUT2D eigenvalue weighted by atomic mass is 16.6. The van der Waals surface area contributed by atoms with E-state index in [0.717, 1.165) is 4.57 Å². The number of nitrogens with one attached hydrogen (secondary N) is 1. The number of anilines is 1. The van der Waals surface area contributed by atoms with Crippen LogP contribution in [0.4, 0.5) is 5.82 Å². The van der Waals surface area contributed by atoms with Crippen LogP contribution >= 0.6 is 0 Å². The number of aliphatic hydroxyl groups excluding tert-OH is 2. The van der Waals surface area contributed by atoms with Crippen molar-refractivity contribution in [3.63, 3.8) is 0 Å². The molecule has 2 aliphatic heterocycles. The summed E-state index contributed by atoms with van der Waals surface area (Å²) in [6, 6.07) is 0. The molecular formula is C10H12N6O5. The third-order valence-corrected chi connectivity index (χ3v) is 3.72. The van der Waals surface area contributed by atoms with Crippen LogP contribution in [0.15, 0.2) is 4.79 Å². The fourth-order valence-corrected chi connectivity index (χ4v) is 2.78. The molecule has 11 heteroatoms. The van der Waals surface area contributed by atoms with Gasteiger partial charge in [-0.1, -0.05) is 5.21 Å². The summed E-state index contributed by atoms with van der Waals surface area (Å²) in [5.74, 6) is 0.132. The maximum absolute atomic E-state index is 12.3. The quantitative estimate of drug-likeness (QED) is 0.517. The van der Waals surface area contributed by atoms with Gasteiger partial charge in [0.2, 0.25) is 0 Å². The normalized spacial score (nSPS) is 30.6. The van der Waals surface area contributed by atoms with E-state index < -0.39 is 30.2 Å². The van der Waals surface area contributed by atoms with Crippen molar-refractivity contribution in [2.75, 3.05) is 12.6 Å². The monoisotopic (exact) mass is 296 g/mol. The summed E-state index contributed by atoms with van der Waals surface area (Å²) < 4.78 is 8.13. The largest absolute Gasteiger partial charge is 0.387 e. The highest BCUT2D eigenvalue weighted by Gasteiger charge is 2.47. The fourth-order valence-electron chi connectivity index (χ4n) is 2.78. The van der Waals surface area contributed by atoms with E-state index in [0.29, 0.717) is 11.2 Å². The van der Waals surface area contributed by atoms with Crippen molar-refractivity contribution >= 4 is 17.0 Å². The Morgan fingerprint density at radius 2 is 2.24 bits per heavy atom. The number of rotatable bonds is 2. The summed E-state index contributed by atoms with van der Waals surface area (Å²) in [6.45, 7) is 0.168. The van der Waals surface area contributed by atoms with Crippen molar-refractivity contribution in [1.29, 1.82) is 0 Å². The Balaban J connectivity index is 2.03. The van der Waals surface area contributed by atoms with Gasteiger partial charge in [0, 0.05) is 0 Å². The topological polar surface area (TPSA) is 137 Å². The first kappa shape index (κ1) is 12.6. The molecule has 21 heavy (non-hydrogen) atoms. The van der Waals surface area contributed by atoms with Gasteiger partial charge in [-0.2, -0.15) is 4.98 Å². The van der Waals surface area contributed by atoms with Crippen LogP contribution in [0.2, 0.25) is 0 Å². The van der Waals surface area contributed by atoms with Gasteiger partial charge in [0.1, 0.15) is 18.3 Å². The fraction of sp³-hybridized carbons (Fsp3) is 0.600. The Bertz CT molecular complexity index is 771. The third-order valence-electron chi connectivity index (χ3n) is 3.72. The molecule has 4 rings (SSSR count). The van der Waals surface area contributed by atoms with Gasteiger partial charge in [-0.3, -0.25) is 4.84 Å². The molecule has 0 amide bonds. The summed E-state index contributed by atoms with van der Waals surface area (Å²) in [4.78, 5) is 20.8. The minimum atomic E-state index is -1.22. The first-order chi connectivity index (χ1) is 10.1. The van der Waals surface area contributed by atoms with Crippen LogP contribution in [0.3, 0.4) is 0 Å². The molecule has 2 bridgehead atoms. The summed E-state index contributed by atoms with van der Waals surface area (Å²) in [5, 5.41) is 27.9. The van der Waals surface area contributed by atoms with E-state index in [1.807, 2.05) is 0 Å². The zero-order valence-electron chi connectivity index (χ0n) is 10.9. The molecule has 112 valence electrons. The van der Waals surface area contributed by atoms with Gasteiger partial charge in [-0.15, -0.1) is 5.10 Å². The van der Waals surface area contributed by atoms with Crippen LogP contribution in [0, 0.1) is 0 Å². The number of aliphatic hydroxyl groups is 2. The Labute approximate surface area is 116 Å². The average Bonchev–Trinajstić information content (AvgIpc) is 2.91. The second-order valence-corrected chi connectivity index (χ2v) is 4.91. The molecule has 2 aliphatic rings. The number of nitrogens with zero attached hydrogens (tertiary/aromatic N) is 5. The van der Waals surface area contributed by atoms with E-state index in [1.54, 1.807) is 0 Å². The summed E-state index contributed by atoms with van der Waals surface area (Å²) >= 11 is 0. The van der Waals surface area contributed by atoms with Gasteiger partial charge in [0.25, 0.3) is 0 Å². The smallest absolute Gasteiger partial charge is 0.353 e. The predicted octanol–water partition coefficient (Wildman–Crippen LogP) is -2.41. The minimum Gasteiger partial charge on any atom is -0.387 e. The van der Waals surface area contributed by atoms with Crippen LogP contribution in [-0.4, -0.2) is 60.2 Å². The zero-order valence-corrected chi connectivity index (χ0v) is 10.9. The summed E-state index contributed by atoms with van der Waals surface area (Å²) in [6.07, 6.45) is -4.02. The molecule has 0 unspecified atom stereocenters. The number of hydrogen-bond acceptors (Lipinski definition) is 9. The van der Waals surface area contributed by atoms with Gasteiger partial charge < -0.3 is 14.9 Å². The average molecular weight is 296 g/mol. The molecule has 0 radical (unpaired) electrons. The van der Waals surface area contributed by atoms with E-state index in [1.165, 1.54) is 11.8 Å². The molecule has 0 spiro atoms. The second kappa shape index (κ2) is 4.21. The van der Waals surface area contributed by atoms with Crippen molar-refractivity contribution < 1.29 is 19.8 Å². The number of hydrogen-bond donors (Lipinski definition) is 3. The van der Waals surface area contributed by atoms with Crippen molar-refractivity contribution in [2.45, 2.75) is 31.1 Å². The molecule has 0 saturated carbocycles. The molecule has 1 fully saturated rings. The van der Waals surface area contributed by atoms with Crippen LogP contribution < -0.4 is 11.2 Å². The second-order valence-electron chi connectivity index (χ2n) is 4.91. The molecule has 2 aromatic rings. The van der Waals surface area contributed by atoms with Gasteiger partial charge in [0.05, 0.1) is 13.7 Å². The molecule has 1 saturated heterocycles. The van der Waals surface area contributed by atoms with Crippen LogP contribution in [0.5, 0.6) is 0 Å². The van der Waals surface area contributed by atoms with E-state index in [-0.39, 0.29) is 12.4 Å². The standard InChI is InChI=1S/C10H12N6O5/c1-20-13-7-4-8-15(14-12-4)2-3-5(17)6(18)9(21-3)16(8)10(19)11-7/h3,5-6,9,17-18H,2H2,1H3,(H,11,13,19)/t3-,5-,6-,9-/m1/s1. The van der Waals surface area contributed by atoms with Gasteiger partial charge in [0.15, 0.2) is 23.2 Å². The number of aromatic nitrogens is 5. The Hall–Kier alpha value is -2.08. The van der Waals surface area contributed by atoms with Crippen LogP contribution in [0.1, 0.15) is 6.23 Å². The van der Waals surface area contributed by atoms with Crippen molar-refractivity contribution in [1.82, 2.24) is 24.5 Å². The molecule has 2 aromatic heterocycles. The van der Waals surface area contributed by atoms with Gasteiger partial charge in [-0.25, -0.2) is 19.5 Å². The predicted molar refractivity (Wildman–Crippen MR) is 66.1 cm³/mol. The lowest BCUT2D eigenvalue weighted by molar-refractivity contribution is -0.0357. The SMILES string of the molecule is CONc1nc(=O)n2c3c1nnn3C[C@H]1O[C@@H]2[C@H](O)[C@@H]1O. The Morgan fingerprint density at radius 1 is 1.43 bits per heavy atom. The van der Waals surface area contributed by atoms with E-state index in [4.69, 9.17) is 9.57 Å². The zero-order chi connectivity index (χ0) is 14.7. The van der Waals surface area contributed by atoms with E-state index >= 15 is 0 Å². The number of fused-ring (bicyclic) bond motifs is 3. The van der Waals surface area contributed by atoms with Crippen molar-refractivity contribution in [3.8, 4) is 0 Å². The molecular weight excluding hydrogens is 284 g/mol. The van der Waals surface area contributed by atoms with Crippen molar-refractivity contribution in [3.05, 3.63) is 10.5 Å². The van der Waals surface area contributed by atoms with Gasteiger partial charge in [-0.05, 0) is 0 Å². The lowest BCUT2D eigenvalue weighted by Gasteiger charge is -2.19. The molecule has 4 atom stereocenters. The molecule has 11 nitrogen and oxygen atoms in total.